The van der Waals surface area contributed by atoms with E-state index < -0.39 is 17.2 Å². The molecule has 1 atom stereocenters. The van der Waals surface area contributed by atoms with Crippen LogP contribution >= 0.6 is 0 Å². The van der Waals surface area contributed by atoms with Crippen LogP contribution in [0.3, 0.4) is 0 Å². The summed E-state index contributed by atoms with van der Waals surface area (Å²) in [4.78, 5) is 28.4. The molecule has 0 radical (unpaired) electrons. The van der Waals surface area contributed by atoms with E-state index in [4.69, 9.17) is 4.74 Å². The van der Waals surface area contributed by atoms with Crippen LogP contribution in [0.25, 0.3) is 0 Å². The van der Waals surface area contributed by atoms with E-state index >= 15 is 0 Å². The molecule has 2 aromatic rings. The molecule has 0 aromatic heterocycles. The van der Waals surface area contributed by atoms with Crippen LogP contribution in [0.1, 0.15) is 49.7 Å². The van der Waals surface area contributed by atoms with Gasteiger partial charge in [0.15, 0.2) is 0 Å². The zero-order valence-electron chi connectivity index (χ0n) is 19.5. The minimum Gasteiger partial charge on any atom is -0.445 e. The Balaban J connectivity index is 1.40. The average Bonchev–Trinajstić information content (AvgIpc) is 3.27. The predicted molar refractivity (Wildman–Crippen MR) is 128 cm³/mol. The van der Waals surface area contributed by atoms with Gasteiger partial charge in [0.05, 0.1) is 6.07 Å². The fourth-order valence-electron chi connectivity index (χ4n) is 4.94. The highest BCUT2D eigenvalue weighted by atomic mass is 16.5. The molecule has 0 bridgehead atoms. The minimum atomic E-state index is -1.05. The first-order valence-corrected chi connectivity index (χ1v) is 12.0. The van der Waals surface area contributed by atoms with E-state index in [0.29, 0.717) is 25.8 Å². The number of amides is 2. The molecule has 2 fully saturated rings. The lowest BCUT2D eigenvalue weighted by molar-refractivity contribution is -0.130. The van der Waals surface area contributed by atoms with Gasteiger partial charge in [-0.1, -0.05) is 79.9 Å². The van der Waals surface area contributed by atoms with Crippen molar-refractivity contribution in [1.82, 2.24) is 15.5 Å². The van der Waals surface area contributed by atoms with Crippen molar-refractivity contribution in [3.8, 4) is 6.07 Å². The number of rotatable bonds is 7. The second kappa shape index (κ2) is 10.7. The fraction of sp³-hybridized carbons (Fsp3) is 0.444. The van der Waals surface area contributed by atoms with Gasteiger partial charge in [0.1, 0.15) is 17.7 Å². The van der Waals surface area contributed by atoms with Crippen molar-refractivity contribution in [1.29, 1.82) is 5.26 Å². The Morgan fingerprint density at radius 3 is 2.21 bits per heavy atom. The number of nitrogens with one attached hydrogen (secondary N) is 2. The number of ether oxygens (including phenoxy) is 1. The first-order valence-electron chi connectivity index (χ1n) is 12.0. The van der Waals surface area contributed by atoms with E-state index in [1.54, 1.807) is 0 Å². The van der Waals surface area contributed by atoms with Crippen LogP contribution in [-0.2, 0) is 22.7 Å². The topological polar surface area (TPSA) is 94.5 Å². The van der Waals surface area contributed by atoms with Crippen molar-refractivity contribution < 1.29 is 14.3 Å². The number of nitriles is 1. The smallest absolute Gasteiger partial charge is 0.408 e. The number of nitrogens with zero attached hydrogens (tertiary/aromatic N) is 2. The first-order chi connectivity index (χ1) is 16.5. The largest absolute Gasteiger partial charge is 0.445 e. The van der Waals surface area contributed by atoms with E-state index in [-0.39, 0.29) is 12.5 Å². The number of benzene rings is 2. The Labute approximate surface area is 201 Å². The summed E-state index contributed by atoms with van der Waals surface area (Å²) >= 11 is 0. The van der Waals surface area contributed by atoms with Crippen molar-refractivity contribution in [2.75, 3.05) is 13.1 Å². The molecule has 7 heteroatoms. The van der Waals surface area contributed by atoms with E-state index in [0.717, 1.165) is 37.9 Å². The van der Waals surface area contributed by atoms with Gasteiger partial charge in [-0.2, -0.15) is 5.26 Å². The molecule has 0 spiro atoms. The first kappa shape index (κ1) is 23.8. The molecular formula is C27H32N4O3. The molecule has 1 saturated carbocycles. The van der Waals surface area contributed by atoms with E-state index in [2.05, 4.69) is 33.7 Å². The number of carbonyl (C=O) groups is 2. The number of likely N-dealkylation sites (tertiary alicyclic amines) is 1. The van der Waals surface area contributed by atoms with Gasteiger partial charge in [-0.15, -0.1) is 0 Å². The molecule has 4 rings (SSSR count). The molecule has 7 nitrogen and oxygen atoms in total. The summed E-state index contributed by atoms with van der Waals surface area (Å²) in [6, 6.07) is 21.9. The molecule has 1 aliphatic heterocycles. The van der Waals surface area contributed by atoms with Gasteiger partial charge in [-0.3, -0.25) is 9.69 Å². The summed E-state index contributed by atoms with van der Waals surface area (Å²) in [6.07, 6.45) is 3.71. The number of hydrogen-bond acceptors (Lipinski definition) is 5. The van der Waals surface area contributed by atoms with Crippen LogP contribution in [0, 0.1) is 11.3 Å². The van der Waals surface area contributed by atoms with Crippen molar-refractivity contribution in [2.45, 2.75) is 62.8 Å². The standard InChI is InChI=1S/C27H32N4O3/c28-20-26(16-17-31(21-26)18-22-10-4-1-5-11-22)29-24(32)27(14-8-3-9-15-27)30-25(33)34-19-23-12-6-2-7-13-23/h1-2,4-7,10-13H,3,8-9,14-19,21H2,(H,29,32)(H,30,33). The highest BCUT2D eigenvalue weighted by Gasteiger charge is 2.47. The fourth-order valence-corrected chi connectivity index (χ4v) is 4.94. The Morgan fingerprint density at radius 2 is 1.56 bits per heavy atom. The van der Waals surface area contributed by atoms with Crippen molar-refractivity contribution in [3.05, 3.63) is 71.8 Å². The molecule has 34 heavy (non-hydrogen) atoms. The molecule has 2 aliphatic rings. The van der Waals surface area contributed by atoms with Crippen LogP contribution in [0.5, 0.6) is 0 Å². The van der Waals surface area contributed by atoms with Crippen LogP contribution in [0.15, 0.2) is 60.7 Å². The van der Waals surface area contributed by atoms with E-state index in [1.165, 1.54) is 5.56 Å². The van der Waals surface area contributed by atoms with Gasteiger partial charge in [0.2, 0.25) is 5.91 Å². The summed E-state index contributed by atoms with van der Waals surface area (Å²) in [7, 11) is 0. The summed E-state index contributed by atoms with van der Waals surface area (Å²) in [6.45, 7) is 2.05. The van der Waals surface area contributed by atoms with Crippen LogP contribution < -0.4 is 10.6 Å². The zero-order valence-corrected chi connectivity index (χ0v) is 19.5. The predicted octanol–water partition coefficient (Wildman–Crippen LogP) is 3.90. The van der Waals surface area contributed by atoms with Crippen molar-refractivity contribution in [3.63, 3.8) is 0 Å². The maximum Gasteiger partial charge on any atom is 0.408 e. The molecule has 2 N–H and O–H groups in total. The molecule has 1 heterocycles. The molecule has 1 aliphatic carbocycles. The summed E-state index contributed by atoms with van der Waals surface area (Å²) in [5, 5.41) is 15.9. The monoisotopic (exact) mass is 460 g/mol. The van der Waals surface area contributed by atoms with E-state index in [9.17, 15) is 14.9 Å². The Morgan fingerprint density at radius 1 is 0.912 bits per heavy atom. The van der Waals surface area contributed by atoms with Gasteiger partial charge in [-0.25, -0.2) is 4.79 Å². The third kappa shape index (κ3) is 5.75. The average molecular weight is 461 g/mol. The third-order valence-electron chi connectivity index (χ3n) is 6.86. The SMILES string of the molecule is N#CC1(NC(=O)C2(NC(=O)OCc3ccccc3)CCCCC2)CCN(Cc2ccccc2)C1. The Bertz CT molecular complexity index is 1020. The summed E-state index contributed by atoms with van der Waals surface area (Å²) in [5.74, 6) is -0.285. The number of alkyl carbamates (subject to hydrolysis) is 1. The maximum absolute atomic E-state index is 13.6. The Kier molecular flexibility index (Phi) is 7.49. The van der Waals surface area contributed by atoms with Crippen LogP contribution in [-0.4, -0.2) is 41.1 Å². The second-order valence-electron chi connectivity index (χ2n) is 9.42. The van der Waals surface area contributed by atoms with Gasteiger partial charge in [-0.05, 0) is 30.4 Å². The normalized spacial score (nSPS) is 21.9. The second-order valence-corrected chi connectivity index (χ2v) is 9.42. The molecular weight excluding hydrogens is 428 g/mol. The van der Waals surface area contributed by atoms with Crippen LogP contribution in [0.2, 0.25) is 0 Å². The van der Waals surface area contributed by atoms with Gasteiger partial charge in [0.25, 0.3) is 0 Å². The highest BCUT2D eigenvalue weighted by molar-refractivity contribution is 5.91. The third-order valence-corrected chi connectivity index (χ3v) is 6.86. The maximum atomic E-state index is 13.6. The number of carbonyl (C=O) groups excluding carboxylic acids is 2. The molecule has 1 unspecified atom stereocenters. The zero-order chi connectivity index (χ0) is 23.9. The van der Waals surface area contributed by atoms with Gasteiger partial charge >= 0.3 is 6.09 Å². The van der Waals surface area contributed by atoms with Crippen molar-refractivity contribution >= 4 is 12.0 Å². The van der Waals surface area contributed by atoms with E-state index in [1.807, 2.05) is 48.5 Å². The summed E-state index contributed by atoms with van der Waals surface area (Å²) < 4.78 is 5.41. The molecule has 2 aromatic carbocycles. The van der Waals surface area contributed by atoms with Crippen LogP contribution in [0.4, 0.5) is 4.79 Å². The Hall–Kier alpha value is -3.37. The number of hydrogen-bond donors (Lipinski definition) is 2. The van der Waals surface area contributed by atoms with Gasteiger partial charge < -0.3 is 15.4 Å². The minimum absolute atomic E-state index is 0.140. The lowest BCUT2D eigenvalue weighted by Crippen LogP contribution is -2.64. The van der Waals surface area contributed by atoms with Crippen molar-refractivity contribution in [2.24, 2.45) is 0 Å². The summed E-state index contributed by atoms with van der Waals surface area (Å²) in [5.41, 5.74) is 0.0381. The lowest BCUT2D eigenvalue weighted by atomic mass is 9.80. The lowest BCUT2D eigenvalue weighted by Gasteiger charge is -2.38. The molecule has 178 valence electrons. The highest BCUT2D eigenvalue weighted by Crippen LogP contribution is 2.31. The molecule has 2 amide bonds. The van der Waals surface area contributed by atoms with Gasteiger partial charge in [0, 0.05) is 19.6 Å². The quantitative estimate of drug-likeness (QED) is 0.654. The molecule has 1 saturated heterocycles.